The van der Waals surface area contributed by atoms with Crippen molar-refractivity contribution in [3.63, 3.8) is 0 Å². The summed E-state index contributed by atoms with van der Waals surface area (Å²) in [7, 11) is 2.08. The molecule has 19 heavy (non-hydrogen) atoms. The average molecular weight is 261 g/mol. The number of hydrogen-bond acceptors (Lipinski definition) is 1. The van der Waals surface area contributed by atoms with Crippen LogP contribution in [0, 0.1) is 13.8 Å². The first-order chi connectivity index (χ1) is 9.19. The highest BCUT2D eigenvalue weighted by Gasteiger charge is 2.09. The van der Waals surface area contributed by atoms with E-state index in [1.54, 1.807) is 0 Å². The highest BCUT2D eigenvalue weighted by molar-refractivity contribution is 5.31. The van der Waals surface area contributed by atoms with Crippen molar-refractivity contribution in [1.29, 1.82) is 0 Å². The van der Waals surface area contributed by atoms with Crippen LogP contribution in [0.15, 0.2) is 18.2 Å². The Labute approximate surface area is 119 Å². The van der Waals surface area contributed by atoms with Gasteiger partial charge < -0.3 is 5.32 Å². The van der Waals surface area contributed by atoms with E-state index < -0.39 is 0 Å². The van der Waals surface area contributed by atoms with Crippen molar-refractivity contribution in [2.24, 2.45) is 0 Å². The largest absolute Gasteiger partial charge is 0.313 e. The Bertz CT molecular complexity index is 357. The molecule has 0 bridgehead atoms. The van der Waals surface area contributed by atoms with Gasteiger partial charge in [-0.1, -0.05) is 63.6 Å². The van der Waals surface area contributed by atoms with Gasteiger partial charge in [-0.2, -0.15) is 0 Å². The van der Waals surface area contributed by atoms with E-state index in [1.807, 2.05) is 0 Å². The third-order valence-electron chi connectivity index (χ3n) is 4.13. The Morgan fingerprint density at radius 2 is 1.63 bits per heavy atom. The van der Waals surface area contributed by atoms with Crippen LogP contribution in [0.5, 0.6) is 0 Å². The third kappa shape index (κ3) is 5.78. The first-order valence-electron chi connectivity index (χ1n) is 7.93. The zero-order valence-corrected chi connectivity index (χ0v) is 13.3. The highest BCUT2D eigenvalue weighted by atomic mass is 14.9. The molecule has 1 N–H and O–H groups in total. The summed E-state index contributed by atoms with van der Waals surface area (Å²) in [5.74, 6) is 0. The van der Waals surface area contributed by atoms with Crippen LogP contribution in [-0.4, -0.2) is 7.05 Å². The van der Waals surface area contributed by atoms with Crippen LogP contribution >= 0.6 is 0 Å². The molecule has 0 spiro atoms. The Balaban J connectivity index is 2.38. The SMILES string of the molecule is CCCCCCCCC(NC)c1ccc(C)c(C)c1. The summed E-state index contributed by atoms with van der Waals surface area (Å²) < 4.78 is 0. The molecule has 0 radical (unpaired) electrons. The molecule has 0 aromatic heterocycles. The van der Waals surface area contributed by atoms with E-state index in [0.29, 0.717) is 6.04 Å². The molecule has 1 nitrogen and oxygen atoms in total. The van der Waals surface area contributed by atoms with Crippen molar-refractivity contribution in [2.45, 2.75) is 71.8 Å². The minimum Gasteiger partial charge on any atom is -0.313 e. The van der Waals surface area contributed by atoms with Crippen molar-refractivity contribution in [3.8, 4) is 0 Å². The van der Waals surface area contributed by atoms with Gasteiger partial charge in [-0.3, -0.25) is 0 Å². The Morgan fingerprint density at radius 1 is 0.947 bits per heavy atom. The lowest BCUT2D eigenvalue weighted by molar-refractivity contribution is 0.497. The predicted molar refractivity (Wildman–Crippen MR) is 85.7 cm³/mol. The standard InChI is InChI=1S/C18H31N/c1-5-6-7-8-9-10-11-18(19-4)17-13-12-15(2)16(3)14-17/h12-14,18-19H,5-11H2,1-4H3. The zero-order valence-electron chi connectivity index (χ0n) is 13.3. The highest BCUT2D eigenvalue weighted by Crippen LogP contribution is 2.22. The number of unbranched alkanes of at least 4 members (excludes halogenated alkanes) is 5. The lowest BCUT2D eigenvalue weighted by Gasteiger charge is -2.18. The topological polar surface area (TPSA) is 12.0 Å². The smallest absolute Gasteiger partial charge is 0.0317 e. The lowest BCUT2D eigenvalue weighted by atomic mass is 9.97. The van der Waals surface area contributed by atoms with E-state index in [4.69, 9.17) is 0 Å². The van der Waals surface area contributed by atoms with Crippen molar-refractivity contribution in [3.05, 3.63) is 34.9 Å². The summed E-state index contributed by atoms with van der Waals surface area (Å²) in [6.07, 6.45) is 9.51. The van der Waals surface area contributed by atoms with Gasteiger partial charge in [0.2, 0.25) is 0 Å². The summed E-state index contributed by atoms with van der Waals surface area (Å²) in [6.45, 7) is 6.66. The second-order valence-electron chi connectivity index (χ2n) is 5.74. The fraction of sp³-hybridized carbons (Fsp3) is 0.667. The second kappa shape index (κ2) is 9.14. The van der Waals surface area contributed by atoms with Gasteiger partial charge in [-0.25, -0.2) is 0 Å². The van der Waals surface area contributed by atoms with Gasteiger partial charge in [-0.15, -0.1) is 0 Å². The molecule has 0 heterocycles. The molecular weight excluding hydrogens is 230 g/mol. The normalized spacial score (nSPS) is 12.6. The van der Waals surface area contributed by atoms with E-state index >= 15 is 0 Å². The van der Waals surface area contributed by atoms with Gasteiger partial charge in [0.1, 0.15) is 0 Å². The van der Waals surface area contributed by atoms with Gasteiger partial charge >= 0.3 is 0 Å². The van der Waals surface area contributed by atoms with Gasteiger partial charge in [0.15, 0.2) is 0 Å². The molecule has 0 saturated carbocycles. The number of rotatable bonds is 9. The maximum absolute atomic E-state index is 3.47. The average Bonchev–Trinajstić information content (AvgIpc) is 2.41. The third-order valence-corrected chi connectivity index (χ3v) is 4.13. The van der Waals surface area contributed by atoms with Crippen LogP contribution in [0.3, 0.4) is 0 Å². The van der Waals surface area contributed by atoms with Crippen LogP contribution in [-0.2, 0) is 0 Å². The Morgan fingerprint density at radius 3 is 2.26 bits per heavy atom. The van der Waals surface area contributed by atoms with Crippen LogP contribution < -0.4 is 5.32 Å². The Hall–Kier alpha value is -0.820. The van der Waals surface area contributed by atoms with E-state index in [1.165, 1.54) is 61.6 Å². The molecule has 108 valence electrons. The molecule has 1 rings (SSSR count). The number of benzene rings is 1. The summed E-state index contributed by atoms with van der Waals surface area (Å²) in [5.41, 5.74) is 4.23. The van der Waals surface area contributed by atoms with Crippen LogP contribution in [0.2, 0.25) is 0 Å². The molecular formula is C18H31N. The predicted octanol–water partition coefficient (Wildman–Crippen LogP) is 5.31. The van der Waals surface area contributed by atoms with E-state index in [-0.39, 0.29) is 0 Å². The molecule has 1 atom stereocenters. The first kappa shape index (κ1) is 16.2. The fourth-order valence-corrected chi connectivity index (χ4v) is 2.59. The number of aryl methyl sites for hydroxylation is 2. The summed E-state index contributed by atoms with van der Waals surface area (Å²) in [5, 5.41) is 3.47. The van der Waals surface area contributed by atoms with Gasteiger partial charge in [0.25, 0.3) is 0 Å². The van der Waals surface area contributed by atoms with Gasteiger partial charge in [0.05, 0.1) is 0 Å². The Kier molecular flexibility index (Phi) is 7.81. The summed E-state index contributed by atoms with van der Waals surface area (Å²) >= 11 is 0. The van der Waals surface area contributed by atoms with Crippen LogP contribution in [0.4, 0.5) is 0 Å². The van der Waals surface area contributed by atoms with Crippen molar-refractivity contribution in [2.75, 3.05) is 7.05 Å². The number of hydrogen-bond donors (Lipinski definition) is 1. The fourth-order valence-electron chi connectivity index (χ4n) is 2.59. The van der Waals surface area contributed by atoms with Gasteiger partial charge in [0, 0.05) is 6.04 Å². The van der Waals surface area contributed by atoms with Crippen molar-refractivity contribution >= 4 is 0 Å². The van der Waals surface area contributed by atoms with Crippen LogP contribution in [0.1, 0.15) is 74.6 Å². The summed E-state index contributed by atoms with van der Waals surface area (Å²) in [6, 6.07) is 7.38. The number of nitrogens with one attached hydrogen (secondary N) is 1. The second-order valence-corrected chi connectivity index (χ2v) is 5.74. The molecule has 1 heteroatoms. The first-order valence-corrected chi connectivity index (χ1v) is 7.93. The van der Waals surface area contributed by atoms with Gasteiger partial charge in [-0.05, 0) is 44.0 Å². The molecule has 1 unspecified atom stereocenters. The van der Waals surface area contributed by atoms with E-state index in [9.17, 15) is 0 Å². The maximum Gasteiger partial charge on any atom is 0.0317 e. The van der Waals surface area contributed by atoms with E-state index in [0.717, 1.165) is 0 Å². The molecule has 0 aliphatic carbocycles. The van der Waals surface area contributed by atoms with Crippen molar-refractivity contribution in [1.82, 2.24) is 5.32 Å². The zero-order chi connectivity index (χ0) is 14.1. The minimum atomic E-state index is 0.519. The monoisotopic (exact) mass is 261 g/mol. The molecule has 0 saturated heterocycles. The van der Waals surface area contributed by atoms with Crippen LogP contribution in [0.25, 0.3) is 0 Å². The summed E-state index contributed by atoms with van der Waals surface area (Å²) in [4.78, 5) is 0. The molecule has 1 aromatic carbocycles. The molecule has 0 aliphatic rings. The molecule has 0 fully saturated rings. The lowest BCUT2D eigenvalue weighted by Crippen LogP contribution is -2.16. The molecule has 1 aromatic rings. The quantitative estimate of drug-likeness (QED) is 0.594. The maximum atomic E-state index is 3.47. The molecule has 0 aliphatic heterocycles. The molecule has 0 amide bonds. The minimum absolute atomic E-state index is 0.519. The van der Waals surface area contributed by atoms with E-state index in [2.05, 4.69) is 51.3 Å². The van der Waals surface area contributed by atoms with Crippen molar-refractivity contribution < 1.29 is 0 Å².